The van der Waals surface area contributed by atoms with Crippen LogP contribution < -0.4 is 0 Å². The van der Waals surface area contributed by atoms with Gasteiger partial charge in [0, 0.05) is 5.57 Å². The minimum absolute atomic E-state index is 0.0750. The lowest BCUT2D eigenvalue weighted by Crippen LogP contribution is -2.40. The van der Waals surface area contributed by atoms with Crippen molar-refractivity contribution in [1.29, 1.82) is 0 Å². The first-order valence-electron chi connectivity index (χ1n) is 6.29. The van der Waals surface area contributed by atoms with Crippen molar-refractivity contribution in [2.75, 3.05) is 26.3 Å². The number of hydrogen-bond acceptors (Lipinski definition) is 4. The summed E-state index contributed by atoms with van der Waals surface area (Å²) in [5.41, 5.74) is -0.329. The van der Waals surface area contributed by atoms with E-state index in [-0.39, 0.29) is 24.8 Å². The standard InChI is InChI=1S/C13H22FNO4/c1-9-5-15(12(17)19-13(2,3)4)6-10(8-18-9)11(14)7-16/h9,16H,5-8H2,1-4H3/t9-/m0/s1. The van der Waals surface area contributed by atoms with Crippen molar-refractivity contribution < 1.29 is 23.8 Å². The van der Waals surface area contributed by atoms with E-state index in [4.69, 9.17) is 14.6 Å². The Kier molecular flexibility index (Phi) is 5.31. The van der Waals surface area contributed by atoms with Crippen LogP contribution in [0.5, 0.6) is 0 Å². The van der Waals surface area contributed by atoms with Gasteiger partial charge in [-0.15, -0.1) is 0 Å². The van der Waals surface area contributed by atoms with E-state index in [2.05, 4.69) is 0 Å². The maximum Gasteiger partial charge on any atom is 0.410 e. The molecule has 1 atom stereocenters. The van der Waals surface area contributed by atoms with E-state index in [1.807, 2.05) is 0 Å². The quantitative estimate of drug-likeness (QED) is 0.793. The molecule has 0 radical (unpaired) electrons. The molecule has 6 heteroatoms. The summed E-state index contributed by atoms with van der Waals surface area (Å²) in [6.07, 6.45) is -0.718. The van der Waals surface area contributed by atoms with Crippen molar-refractivity contribution in [3.05, 3.63) is 11.4 Å². The van der Waals surface area contributed by atoms with E-state index in [1.165, 1.54) is 4.90 Å². The summed E-state index contributed by atoms with van der Waals surface area (Å²) in [5, 5.41) is 8.83. The second-order valence-corrected chi connectivity index (χ2v) is 5.65. The maximum atomic E-state index is 13.5. The zero-order chi connectivity index (χ0) is 14.6. The summed E-state index contributed by atoms with van der Waals surface area (Å²) in [4.78, 5) is 13.4. The van der Waals surface area contributed by atoms with Crippen molar-refractivity contribution in [2.45, 2.75) is 39.4 Å². The number of aliphatic hydroxyl groups is 1. The molecular formula is C13H22FNO4. The molecule has 1 N–H and O–H groups in total. The van der Waals surface area contributed by atoms with Crippen LogP contribution in [-0.4, -0.2) is 54.1 Å². The Hall–Kier alpha value is -1.14. The van der Waals surface area contributed by atoms with Gasteiger partial charge in [-0.05, 0) is 27.7 Å². The Labute approximate surface area is 113 Å². The maximum absolute atomic E-state index is 13.5. The predicted molar refractivity (Wildman–Crippen MR) is 68.4 cm³/mol. The van der Waals surface area contributed by atoms with Crippen LogP contribution >= 0.6 is 0 Å². The molecule has 0 aromatic heterocycles. The van der Waals surface area contributed by atoms with Crippen LogP contribution in [0.2, 0.25) is 0 Å². The summed E-state index contributed by atoms with van der Waals surface area (Å²) in [5.74, 6) is -0.650. The van der Waals surface area contributed by atoms with E-state index >= 15 is 0 Å². The molecule has 0 spiro atoms. The molecule has 0 aliphatic carbocycles. The van der Waals surface area contributed by atoms with Crippen LogP contribution in [0.4, 0.5) is 9.18 Å². The number of carbonyl (C=O) groups excluding carboxylic acids is 1. The van der Waals surface area contributed by atoms with Gasteiger partial charge in [0.15, 0.2) is 0 Å². The fraction of sp³-hybridized carbons (Fsp3) is 0.769. The Bertz CT molecular complexity index is 362. The van der Waals surface area contributed by atoms with Crippen LogP contribution in [-0.2, 0) is 9.47 Å². The van der Waals surface area contributed by atoms with Gasteiger partial charge in [-0.25, -0.2) is 9.18 Å². The first-order valence-corrected chi connectivity index (χ1v) is 6.29. The number of halogens is 1. The molecule has 19 heavy (non-hydrogen) atoms. The number of aliphatic hydroxyl groups excluding tert-OH is 1. The third-order valence-corrected chi connectivity index (χ3v) is 2.58. The van der Waals surface area contributed by atoms with Gasteiger partial charge in [-0.2, -0.15) is 0 Å². The molecule has 0 aromatic rings. The second-order valence-electron chi connectivity index (χ2n) is 5.65. The van der Waals surface area contributed by atoms with Crippen molar-refractivity contribution in [3.63, 3.8) is 0 Å². The normalized spacial score (nSPS) is 23.9. The minimum Gasteiger partial charge on any atom is -0.444 e. The summed E-state index contributed by atoms with van der Waals surface area (Å²) >= 11 is 0. The van der Waals surface area contributed by atoms with Crippen LogP contribution in [0.1, 0.15) is 27.7 Å². The van der Waals surface area contributed by atoms with E-state index in [1.54, 1.807) is 27.7 Å². The van der Waals surface area contributed by atoms with Crippen LogP contribution in [0.25, 0.3) is 0 Å². The molecular weight excluding hydrogens is 253 g/mol. The van der Waals surface area contributed by atoms with E-state index < -0.39 is 24.1 Å². The molecule has 0 aromatic carbocycles. The number of ether oxygens (including phenoxy) is 2. The highest BCUT2D eigenvalue weighted by atomic mass is 19.1. The zero-order valence-corrected chi connectivity index (χ0v) is 11.9. The monoisotopic (exact) mass is 275 g/mol. The van der Waals surface area contributed by atoms with Gasteiger partial charge in [-0.3, -0.25) is 0 Å². The first-order chi connectivity index (χ1) is 8.73. The van der Waals surface area contributed by atoms with Crippen molar-refractivity contribution in [1.82, 2.24) is 4.90 Å². The average molecular weight is 275 g/mol. The molecule has 1 saturated heterocycles. The Morgan fingerprint density at radius 2 is 2.21 bits per heavy atom. The van der Waals surface area contributed by atoms with Gasteiger partial charge in [-0.1, -0.05) is 0 Å². The lowest BCUT2D eigenvalue weighted by molar-refractivity contribution is 0.0172. The molecule has 0 bridgehead atoms. The van der Waals surface area contributed by atoms with Crippen molar-refractivity contribution in [2.24, 2.45) is 0 Å². The van der Waals surface area contributed by atoms with Gasteiger partial charge in [0.2, 0.25) is 0 Å². The molecule has 110 valence electrons. The lowest BCUT2D eigenvalue weighted by Gasteiger charge is -2.27. The highest BCUT2D eigenvalue weighted by Crippen LogP contribution is 2.17. The van der Waals surface area contributed by atoms with Crippen LogP contribution in [0.3, 0.4) is 0 Å². The van der Waals surface area contributed by atoms with Gasteiger partial charge in [0.1, 0.15) is 11.4 Å². The summed E-state index contributed by atoms with van der Waals surface area (Å²) in [7, 11) is 0. The molecule has 1 aliphatic rings. The molecule has 0 unspecified atom stereocenters. The molecule has 1 aliphatic heterocycles. The number of rotatable bonds is 1. The van der Waals surface area contributed by atoms with Gasteiger partial charge in [0.05, 0.1) is 32.4 Å². The largest absolute Gasteiger partial charge is 0.444 e. The Morgan fingerprint density at radius 1 is 1.58 bits per heavy atom. The van der Waals surface area contributed by atoms with Crippen LogP contribution in [0.15, 0.2) is 11.4 Å². The molecule has 1 heterocycles. The average Bonchev–Trinajstić information content (AvgIpc) is 2.48. The van der Waals surface area contributed by atoms with Gasteiger partial charge >= 0.3 is 6.09 Å². The van der Waals surface area contributed by atoms with E-state index in [9.17, 15) is 9.18 Å². The molecule has 1 amide bonds. The fourth-order valence-corrected chi connectivity index (χ4v) is 1.69. The van der Waals surface area contributed by atoms with Crippen LogP contribution in [0, 0.1) is 0 Å². The van der Waals surface area contributed by atoms with Crippen molar-refractivity contribution >= 4 is 6.09 Å². The lowest BCUT2D eigenvalue weighted by atomic mass is 10.2. The number of hydrogen-bond donors (Lipinski definition) is 1. The third-order valence-electron chi connectivity index (χ3n) is 2.58. The predicted octanol–water partition coefficient (Wildman–Crippen LogP) is 1.86. The number of amides is 1. The van der Waals surface area contributed by atoms with Gasteiger partial charge in [0.25, 0.3) is 0 Å². The second kappa shape index (κ2) is 6.34. The number of carbonyl (C=O) groups is 1. The Morgan fingerprint density at radius 3 is 2.74 bits per heavy atom. The van der Waals surface area contributed by atoms with E-state index in [0.717, 1.165) is 0 Å². The smallest absolute Gasteiger partial charge is 0.410 e. The summed E-state index contributed by atoms with van der Waals surface area (Å²) in [6.45, 7) is 6.91. The summed E-state index contributed by atoms with van der Waals surface area (Å²) in [6, 6.07) is 0. The molecule has 0 saturated carbocycles. The summed E-state index contributed by atoms with van der Waals surface area (Å²) < 4.78 is 24.1. The molecule has 1 fully saturated rings. The minimum atomic E-state index is -0.685. The zero-order valence-electron chi connectivity index (χ0n) is 11.9. The molecule has 5 nitrogen and oxygen atoms in total. The van der Waals surface area contributed by atoms with E-state index in [0.29, 0.717) is 6.54 Å². The topological polar surface area (TPSA) is 59.0 Å². The highest BCUT2D eigenvalue weighted by molar-refractivity contribution is 5.68. The fourth-order valence-electron chi connectivity index (χ4n) is 1.69. The third kappa shape index (κ3) is 5.16. The van der Waals surface area contributed by atoms with Crippen molar-refractivity contribution in [3.8, 4) is 0 Å². The first kappa shape index (κ1) is 15.9. The number of nitrogens with zero attached hydrogens (tertiary/aromatic N) is 1. The Balaban J connectivity index is 2.83. The molecule has 1 rings (SSSR count). The SMILES string of the molecule is C[C@H]1CN(C(=O)OC(C)(C)C)CC(=C(F)CO)CO1. The van der Waals surface area contributed by atoms with Gasteiger partial charge < -0.3 is 19.5 Å². The highest BCUT2D eigenvalue weighted by Gasteiger charge is 2.27.